The maximum atomic E-state index is 4.19. The maximum Gasteiger partial charge on any atom is 0.193 e. The zero-order valence-corrected chi connectivity index (χ0v) is 22.0. The van der Waals surface area contributed by atoms with Gasteiger partial charge in [0.05, 0.1) is 0 Å². The molecule has 0 aliphatic carbocycles. The van der Waals surface area contributed by atoms with Gasteiger partial charge in [-0.25, -0.2) is 0 Å². The third-order valence-electron chi connectivity index (χ3n) is 6.58. The van der Waals surface area contributed by atoms with E-state index in [4.69, 9.17) is 0 Å². The molecular weight excluding hydrogens is 451 g/mol. The van der Waals surface area contributed by atoms with Gasteiger partial charge in [0.25, 0.3) is 0 Å². The average Bonchev–Trinajstić information content (AvgIpc) is 3.27. The Morgan fingerprint density at radius 3 is 2.03 bits per heavy atom. The van der Waals surface area contributed by atoms with E-state index in [0.29, 0.717) is 0 Å². The van der Waals surface area contributed by atoms with Crippen LogP contribution in [0.25, 0.3) is 51.3 Å². The van der Waals surface area contributed by atoms with E-state index < -0.39 is 0 Å². The van der Waals surface area contributed by atoms with E-state index in [1.165, 1.54) is 48.6 Å². The topological polar surface area (TPSA) is 0 Å². The van der Waals surface area contributed by atoms with Crippen LogP contribution in [0.4, 0.5) is 0 Å². The molecule has 4 aromatic rings. The summed E-state index contributed by atoms with van der Waals surface area (Å²) in [6, 6.07) is 17.3. The Morgan fingerprint density at radius 2 is 1.44 bits per heavy atom. The molecule has 176 valence electrons. The number of fused-ring (bicyclic) bond motifs is 3. The summed E-state index contributed by atoms with van der Waals surface area (Å²) in [7, 11) is 0.726. The summed E-state index contributed by atoms with van der Waals surface area (Å²) >= 11 is 1.74. The minimum atomic E-state index is 0.726. The van der Waals surface area contributed by atoms with Crippen molar-refractivity contribution in [1.29, 1.82) is 0 Å². The third-order valence-corrected chi connectivity index (χ3v) is 7.74. The van der Waals surface area contributed by atoms with Crippen LogP contribution in [0.15, 0.2) is 105 Å². The molecule has 0 saturated carbocycles. The van der Waals surface area contributed by atoms with Crippen molar-refractivity contribution < 1.29 is 0 Å². The normalized spacial score (nSPS) is 12.3. The predicted molar refractivity (Wildman–Crippen MR) is 169 cm³/mol. The molecule has 3 aromatic carbocycles. The molecule has 0 bridgehead atoms. The lowest BCUT2D eigenvalue weighted by atomic mass is 9.59. The van der Waals surface area contributed by atoms with Gasteiger partial charge in [-0.05, 0) is 63.7 Å². The van der Waals surface area contributed by atoms with Gasteiger partial charge >= 0.3 is 0 Å². The molecule has 0 nitrogen and oxygen atoms in total. The lowest BCUT2D eigenvalue weighted by Gasteiger charge is -2.14. The van der Waals surface area contributed by atoms with Crippen molar-refractivity contribution in [2.45, 2.75) is 13.8 Å². The van der Waals surface area contributed by atoms with Gasteiger partial charge in [0, 0.05) is 9.75 Å². The largest absolute Gasteiger partial charge is 0.193 e. The summed E-state index contributed by atoms with van der Waals surface area (Å²) in [4.78, 5) is 2.33. The lowest BCUT2D eigenvalue weighted by Crippen LogP contribution is -2.02. The number of allylic oxidation sites excluding steroid dienone is 5. The minimum Gasteiger partial charge on any atom is -0.135 e. The van der Waals surface area contributed by atoms with Crippen LogP contribution in [0.5, 0.6) is 0 Å². The highest BCUT2D eigenvalue weighted by atomic mass is 32.1. The lowest BCUT2D eigenvalue weighted by molar-refractivity contribution is 1.52. The van der Waals surface area contributed by atoms with Crippen molar-refractivity contribution in [3.8, 4) is 0 Å². The molecule has 0 aliphatic rings. The molecular formula is C34H31BS. The second kappa shape index (κ2) is 11.2. The molecule has 0 fully saturated rings. The van der Waals surface area contributed by atoms with E-state index in [2.05, 4.69) is 106 Å². The van der Waals surface area contributed by atoms with Crippen LogP contribution in [0, 0.1) is 6.92 Å². The van der Waals surface area contributed by atoms with Gasteiger partial charge in [-0.1, -0.05) is 128 Å². The fraction of sp³-hybridized carbons (Fsp3) is 0.0588. The molecule has 0 saturated heterocycles. The second-order valence-electron chi connectivity index (χ2n) is 8.69. The molecule has 0 spiro atoms. The number of benzene rings is 3. The Balaban J connectivity index is 1.91. The first-order valence-corrected chi connectivity index (χ1v) is 13.0. The van der Waals surface area contributed by atoms with Crippen LogP contribution in [0.2, 0.25) is 0 Å². The molecule has 0 atom stereocenters. The Labute approximate surface area is 219 Å². The van der Waals surface area contributed by atoms with Gasteiger partial charge in [-0.3, -0.25) is 0 Å². The van der Waals surface area contributed by atoms with E-state index in [1.807, 2.05) is 31.2 Å². The van der Waals surface area contributed by atoms with Crippen LogP contribution in [0.1, 0.15) is 38.9 Å². The fourth-order valence-corrected chi connectivity index (χ4v) is 6.09. The number of hydrogen-bond donors (Lipinski definition) is 0. The molecule has 0 amide bonds. The molecule has 2 heteroatoms. The van der Waals surface area contributed by atoms with E-state index in [0.717, 1.165) is 23.2 Å². The number of rotatable bonds is 9. The second-order valence-corrected chi connectivity index (χ2v) is 9.77. The van der Waals surface area contributed by atoms with Crippen LogP contribution >= 0.6 is 11.3 Å². The van der Waals surface area contributed by atoms with Crippen LogP contribution in [0.3, 0.4) is 0 Å². The smallest absolute Gasteiger partial charge is 0.135 e. The summed E-state index contributed by atoms with van der Waals surface area (Å²) in [5, 5.41) is 5.10. The molecule has 0 N–H and O–H groups in total. The molecule has 0 unspecified atom stereocenters. The van der Waals surface area contributed by atoms with Gasteiger partial charge in [-0.2, -0.15) is 0 Å². The number of thiophene rings is 1. The van der Waals surface area contributed by atoms with E-state index in [1.54, 1.807) is 11.3 Å². The van der Waals surface area contributed by atoms with Crippen LogP contribution in [-0.4, -0.2) is 7.28 Å². The van der Waals surface area contributed by atoms with Crippen molar-refractivity contribution >= 4 is 69.9 Å². The van der Waals surface area contributed by atoms with E-state index in [9.17, 15) is 0 Å². The van der Waals surface area contributed by atoms with Gasteiger partial charge in [0.2, 0.25) is 0 Å². The first kappa shape index (κ1) is 25.2. The molecule has 4 rings (SSSR count). The summed E-state index contributed by atoms with van der Waals surface area (Å²) in [6.45, 7) is 20.6. The highest BCUT2D eigenvalue weighted by molar-refractivity contribution is 7.14. The minimum absolute atomic E-state index is 0.726. The van der Waals surface area contributed by atoms with Crippen molar-refractivity contribution in [2.24, 2.45) is 0 Å². The Hall–Kier alpha value is -3.88. The molecule has 36 heavy (non-hydrogen) atoms. The highest BCUT2D eigenvalue weighted by Crippen LogP contribution is 2.38. The molecule has 0 aliphatic heterocycles. The third kappa shape index (κ3) is 4.65. The summed E-state index contributed by atoms with van der Waals surface area (Å²) in [5.74, 6) is 0. The van der Waals surface area contributed by atoms with Crippen molar-refractivity contribution in [3.63, 3.8) is 0 Å². The van der Waals surface area contributed by atoms with Crippen molar-refractivity contribution in [2.75, 3.05) is 0 Å². The monoisotopic (exact) mass is 482 g/mol. The first-order chi connectivity index (χ1) is 17.6. The molecule has 1 heterocycles. The highest BCUT2D eigenvalue weighted by Gasteiger charge is 2.18. The van der Waals surface area contributed by atoms with Crippen LogP contribution in [-0.2, 0) is 0 Å². The zero-order valence-electron chi connectivity index (χ0n) is 21.2. The Bertz CT molecular complexity index is 1590. The number of aryl methyl sites for hydroxylation is 1. The predicted octanol–water partition coefficient (Wildman–Crippen LogP) is 9.87. The van der Waals surface area contributed by atoms with E-state index >= 15 is 0 Å². The molecule has 1 aromatic heterocycles. The van der Waals surface area contributed by atoms with Crippen molar-refractivity contribution in [1.82, 2.24) is 0 Å². The van der Waals surface area contributed by atoms with Gasteiger partial charge in [-0.15, -0.1) is 11.3 Å². The summed E-state index contributed by atoms with van der Waals surface area (Å²) in [6.07, 6.45) is 16.3. The Kier molecular flexibility index (Phi) is 7.88. The van der Waals surface area contributed by atoms with Gasteiger partial charge in [0.1, 0.15) is 0 Å². The van der Waals surface area contributed by atoms with Gasteiger partial charge < -0.3 is 0 Å². The zero-order chi connectivity index (χ0) is 25.7. The maximum absolute atomic E-state index is 4.19. The summed E-state index contributed by atoms with van der Waals surface area (Å²) in [5.41, 5.74) is 7.15. The summed E-state index contributed by atoms with van der Waals surface area (Å²) < 4.78 is 0. The first-order valence-electron chi connectivity index (χ1n) is 12.2. The Morgan fingerprint density at radius 1 is 0.806 bits per heavy atom. The fourth-order valence-electron chi connectivity index (χ4n) is 4.92. The average molecular weight is 483 g/mol. The van der Waals surface area contributed by atoms with Crippen LogP contribution < -0.4 is 0 Å². The SMILES string of the molecule is C=C/C=C(/B/C(C=C)=C/c1c(C)c2ccccc2c2ccccc12)c1c(C=C)sc(/C=C\C)c1C=C. The van der Waals surface area contributed by atoms with Crippen molar-refractivity contribution in [3.05, 3.63) is 137 Å². The van der Waals surface area contributed by atoms with E-state index in [-0.39, 0.29) is 0 Å². The molecule has 0 radical (unpaired) electrons. The quantitative estimate of drug-likeness (QED) is 0.126. The number of hydrogen-bond acceptors (Lipinski definition) is 1. The standard InChI is InChI=1S/C34H31BS/c1-7-16-31(34-25(10-4)33(17-8-2)36-32(34)11-5)35-24(9-3)22-30-23(6)26-18-12-13-19-27(26)28-20-14-15-21-29(28)30/h7-22,35H,1,3-5H2,2,6H3/b17-8-,24-22+,31-16+. The van der Waals surface area contributed by atoms with Gasteiger partial charge in [0.15, 0.2) is 7.28 Å².